The van der Waals surface area contributed by atoms with Crippen LogP contribution < -0.4 is 15.3 Å². The number of carbonyl (C=O) groups is 1. The Labute approximate surface area is 181 Å². The van der Waals surface area contributed by atoms with Gasteiger partial charge >= 0.3 is 0 Å². The molecule has 2 heterocycles. The van der Waals surface area contributed by atoms with Crippen LogP contribution in [0.1, 0.15) is 12.5 Å². The molecular weight excluding hydrogens is 384 g/mol. The van der Waals surface area contributed by atoms with E-state index in [1.165, 1.54) is 0 Å². The first kappa shape index (κ1) is 18.9. The normalized spacial score (nSPS) is 19.0. The third-order valence-corrected chi connectivity index (χ3v) is 5.39. The van der Waals surface area contributed by atoms with E-state index in [9.17, 15) is 4.79 Å². The van der Waals surface area contributed by atoms with Gasteiger partial charge in [-0.25, -0.2) is 10.0 Å². The summed E-state index contributed by atoms with van der Waals surface area (Å²) in [6, 6.07) is 27.5. The van der Waals surface area contributed by atoms with E-state index in [1.54, 1.807) is 5.01 Å². The summed E-state index contributed by atoms with van der Waals surface area (Å²) in [6.07, 6.45) is 4.07. The van der Waals surface area contributed by atoms with Gasteiger partial charge in [-0.1, -0.05) is 60.7 Å². The van der Waals surface area contributed by atoms with Crippen LogP contribution in [-0.2, 0) is 4.79 Å². The summed E-state index contributed by atoms with van der Waals surface area (Å²) in [5.41, 5.74) is 8.41. The fourth-order valence-corrected chi connectivity index (χ4v) is 3.95. The molecule has 2 aliphatic rings. The average molecular weight is 406 g/mol. The van der Waals surface area contributed by atoms with Gasteiger partial charge in [0.1, 0.15) is 5.57 Å². The number of hydrogen-bond acceptors (Lipinski definition) is 3. The predicted molar refractivity (Wildman–Crippen MR) is 126 cm³/mol. The Balaban J connectivity index is 1.68. The number of anilines is 2. The SMILES string of the molecule is CCN1/C(=C2\C(=O)N(c3ccccc3)NC2=Nc2ccccc2)C=Cc2ccccc21. The monoisotopic (exact) mass is 406 g/mol. The van der Waals surface area contributed by atoms with Crippen LogP contribution in [0, 0.1) is 0 Å². The van der Waals surface area contributed by atoms with Crippen LogP contribution in [-0.4, -0.2) is 18.3 Å². The number of para-hydroxylation sites is 3. The Morgan fingerprint density at radius 3 is 2.26 bits per heavy atom. The van der Waals surface area contributed by atoms with Crippen molar-refractivity contribution in [2.24, 2.45) is 4.99 Å². The second-order valence-electron chi connectivity index (χ2n) is 7.28. The molecule has 0 aromatic heterocycles. The third-order valence-electron chi connectivity index (χ3n) is 5.39. The summed E-state index contributed by atoms with van der Waals surface area (Å²) in [7, 11) is 0. The van der Waals surface area contributed by atoms with Crippen molar-refractivity contribution in [3.63, 3.8) is 0 Å². The molecule has 1 N–H and O–H groups in total. The number of carbonyl (C=O) groups excluding carboxylic acids is 1. The van der Waals surface area contributed by atoms with Crippen molar-refractivity contribution in [1.29, 1.82) is 0 Å². The summed E-state index contributed by atoms with van der Waals surface area (Å²) in [5, 5.41) is 1.56. The molecule has 1 saturated heterocycles. The van der Waals surface area contributed by atoms with Gasteiger partial charge < -0.3 is 4.90 Å². The topological polar surface area (TPSA) is 47.9 Å². The lowest BCUT2D eigenvalue weighted by molar-refractivity contribution is -0.114. The summed E-state index contributed by atoms with van der Waals surface area (Å²) in [6.45, 7) is 2.82. The van der Waals surface area contributed by atoms with Gasteiger partial charge in [-0.2, -0.15) is 0 Å². The second-order valence-corrected chi connectivity index (χ2v) is 7.28. The van der Waals surface area contributed by atoms with Gasteiger partial charge in [0.25, 0.3) is 5.91 Å². The minimum absolute atomic E-state index is 0.127. The molecule has 31 heavy (non-hydrogen) atoms. The number of nitrogens with zero attached hydrogens (tertiary/aromatic N) is 3. The minimum atomic E-state index is -0.127. The molecule has 3 aromatic carbocycles. The molecule has 1 amide bonds. The van der Waals surface area contributed by atoms with E-state index < -0.39 is 0 Å². The zero-order valence-corrected chi connectivity index (χ0v) is 17.2. The first-order valence-electron chi connectivity index (χ1n) is 10.4. The van der Waals surface area contributed by atoms with Gasteiger partial charge in [-0.05, 0) is 48.9 Å². The molecule has 5 heteroatoms. The van der Waals surface area contributed by atoms with Crippen LogP contribution in [0.4, 0.5) is 17.1 Å². The Kier molecular flexibility index (Phi) is 4.84. The largest absolute Gasteiger partial charge is 0.341 e. The second kappa shape index (κ2) is 7.95. The molecule has 2 aliphatic heterocycles. The quantitative estimate of drug-likeness (QED) is 0.618. The number of hydrazine groups is 1. The number of likely N-dealkylation sites (N-methyl/N-ethyl adjacent to an activating group) is 1. The molecule has 0 aliphatic carbocycles. The number of amides is 1. The maximum atomic E-state index is 13.6. The van der Waals surface area contributed by atoms with Crippen molar-refractivity contribution in [3.8, 4) is 0 Å². The van der Waals surface area contributed by atoms with Gasteiger partial charge in [-0.15, -0.1) is 0 Å². The number of fused-ring (bicyclic) bond motifs is 1. The zero-order valence-electron chi connectivity index (χ0n) is 17.2. The van der Waals surface area contributed by atoms with Crippen LogP contribution in [0.15, 0.2) is 107 Å². The number of aliphatic imine (C=N–C) groups is 1. The fourth-order valence-electron chi connectivity index (χ4n) is 3.95. The molecule has 5 nitrogen and oxygen atoms in total. The lowest BCUT2D eigenvalue weighted by atomic mass is 10.0. The average Bonchev–Trinajstić information content (AvgIpc) is 3.15. The standard InChI is InChI=1S/C26H22N4O/c1-2-29-22-16-10-9-11-19(22)17-18-23(29)24-25(27-20-12-5-3-6-13-20)28-30(26(24)31)21-14-7-4-8-15-21/h3-18H,2H2,1H3,(H,27,28)/b24-23-. The Bertz CT molecular complexity index is 1210. The lowest BCUT2D eigenvalue weighted by Crippen LogP contribution is -2.35. The minimum Gasteiger partial charge on any atom is -0.341 e. The molecule has 1 fully saturated rings. The van der Waals surface area contributed by atoms with Gasteiger partial charge in [0.2, 0.25) is 0 Å². The summed E-state index contributed by atoms with van der Waals surface area (Å²) >= 11 is 0. The predicted octanol–water partition coefficient (Wildman–Crippen LogP) is 5.08. The molecular formula is C26H22N4O. The smallest absolute Gasteiger partial charge is 0.282 e. The van der Waals surface area contributed by atoms with E-state index in [1.807, 2.05) is 78.9 Å². The summed E-state index contributed by atoms with van der Waals surface area (Å²) in [5.74, 6) is 0.413. The van der Waals surface area contributed by atoms with Crippen molar-refractivity contribution < 1.29 is 4.79 Å². The maximum Gasteiger partial charge on any atom is 0.282 e. The molecule has 0 spiro atoms. The van der Waals surface area contributed by atoms with Crippen LogP contribution in [0.3, 0.4) is 0 Å². The van der Waals surface area contributed by atoms with Crippen molar-refractivity contribution in [2.75, 3.05) is 16.5 Å². The third kappa shape index (κ3) is 3.40. The molecule has 0 bridgehead atoms. The Morgan fingerprint density at radius 1 is 0.839 bits per heavy atom. The number of nitrogens with one attached hydrogen (secondary N) is 1. The van der Waals surface area contributed by atoms with E-state index in [0.717, 1.165) is 34.9 Å². The van der Waals surface area contributed by atoms with Crippen molar-refractivity contribution >= 4 is 34.9 Å². The van der Waals surface area contributed by atoms with E-state index in [4.69, 9.17) is 4.99 Å². The highest BCUT2D eigenvalue weighted by Gasteiger charge is 2.37. The lowest BCUT2D eigenvalue weighted by Gasteiger charge is -2.30. The molecule has 152 valence electrons. The zero-order chi connectivity index (χ0) is 21.2. The number of rotatable bonds is 3. The van der Waals surface area contributed by atoms with Crippen LogP contribution >= 0.6 is 0 Å². The van der Waals surface area contributed by atoms with Gasteiger partial charge in [0.15, 0.2) is 5.84 Å². The highest BCUT2D eigenvalue weighted by molar-refractivity contribution is 6.32. The molecule has 0 atom stereocenters. The number of benzene rings is 3. The molecule has 3 aromatic rings. The molecule has 0 radical (unpaired) electrons. The van der Waals surface area contributed by atoms with E-state index in [-0.39, 0.29) is 5.91 Å². The number of allylic oxidation sites excluding steroid dienone is 1. The van der Waals surface area contributed by atoms with Crippen molar-refractivity contribution in [1.82, 2.24) is 5.43 Å². The first-order valence-corrected chi connectivity index (χ1v) is 10.4. The van der Waals surface area contributed by atoms with Crippen LogP contribution in [0.5, 0.6) is 0 Å². The number of amidine groups is 1. The van der Waals surface area contributed by atoms with E-state index >= 15 is 0 Å². The summed E-state index contributed by atoms with van der Waals surface area (Å²) in [4.78, 5) is 20.6. The molecule has 0 saturated carbocycles. The highest BCUT2D eigenvalue weighted by atomic mass is 16.2. The van der Waals surface area contributed by atoms with Gasteiger partial charge in [0.05, 0.1) is 17.1 Å². The van der Waals surface area contributed by atoms with Gasteiger partial charge in [-0.3, -0.25) is 10.2 Å². The Morgan fingerprint density at radius 2 is 1.52 bits per heavy atom. The van der Waals surface area contributed by atoms with Crippen molar-refractivity contribution in [2.45, 2.75) is 6.92 Å². The van der Waals surface area contributed by atoms with E-state index in [2.05, 4.69) is 35.5 Å². The Hall–Kier alpha value is -4.12. The fraction of sp³-hybridized carbons (Fsp3) is 0.0769. The number of hydrogen-bond donors (Lipinski definition) is 1. The summed E-state index contributed by atoms with van der Waals surface area (Å²) < 4.78 is 0. The molecule has 0 unspecified atom stereocenters. The van der Waals surface area contributed by atoms with Crippen molar-refractivity contribution in [3.05, 3.63) is 108 Å². The van der Waals surface area contributed by atoms with E-state index in [0.29, 0.717) is 11.4 Å². The highest BCUT2D eigenvalue weighted by Crippen LogP contribution is 2.34. The van der Waals surface area contributed by atoms with Gasteiger partial charge in [0, 0.05) is 12.2 Å². The van der Waals surface area contributed by atoms with Crippen LogP contribution in [0.25, 0.3) is 6.08 Å². The maximum absolute atomic E-state index is 13.6. The van der Waals surface area contributed by atoms with Crippen LogP contribution in [0.2, 0.25) is 0 Å². The molecule has 5 rings (SSSR count). The first-order chi connectivity index (χ1) is 15.3.